The van der Waals surface area contributed by atoms with Crippen molar-refractivity contribution in [2.45, 2.75) is 51.2 Å². The highest BCUT2D eigenvalue weighted by molar-refractivity contribution is 7.99. The van der Waals surface area contributed by atoms with E-state index in [9.17, 15) is 4.79 Å². The molecule has 1 aromatic rings. The number of hydrogen-bond acceptors (Lipinski definition) is 5. The highest BCUT2D eigenvalue weighted by Gasteiger charge is 2.23. The summed E-state index contributed by atoms with van der Waals surface area (Å²) in [5, 5.41) is 17.8. The molecule has 0 aromatic carbocycles. The van der Waals surface area contributed by atoms with Crippen LogP contribution in [0.5, 0.6) is 0 Å². The topological polar surface area (TPSA) is 77.2 Å². The first kappa shape index (κ1) is 17.0. The fraction of sp³-hybridized carbons (Fsp3) is 0.769. The molecule has 0 radical (unpaired) electrons. The molecule has 0 aliphatic heterocycles. The van der Waals surface area contributed by atoms with Gasteiger partial charge in [0.2, 0.25) is 0 Å². The van der Waals surface area contributed by atoms with Gasteiger partial charge in [-0.25, -0.2) is 0 Å². The predicted octanol–water partition coefficient (Wildman–Crippen LogP) is 2.18. The van der Waals surface area contributed by atoms with Crippen molar-refractivity contribution in [3.05, 3.63) is 5.82 Å². The van der Waals surface area contributed by atoms with E-state index in [0.29, 0.717) is 18.4 Å². The van der Waals surface area contributed by atoms with Crippen LogP contribution in [0.3, 0.4) is 0 Å². The highest BCUT2D eigenvalue weighted by Crippen LogP contribution is 2.25. The molecule has 1 N–H and O–H groups in total. The molecule has 20 heavy (non-hydrogen) atoms. The van der Waals surface area contributed by atoms with Gasteiger partial charge >= 0.3 is 5.97 Å². The van der Waals surface area contributed by atoms with Gasteiger partial charge in [-0.3, -0.25) is 4.79 Å². The zero-order valence-electron chi connectivity index (χ0n) is 12.5. The van der Waals surface area contributed by atoms with E-state index >= 15 is 0 Å². The minimum absolute atomic E-state index is 0.00679. The lowest BCUT2D eigenvalue weighted by atomic mass is 10.1. The van der Waals surface area contributed by atoms with E-state index in [-0.39, 0.29) is 11.3 Å². The summed E-state index contributed by atoms with van der Waals surface area (Å²) < 4.78 is 7.35. The van der Waals surface area contributed by atoms with Gasteiger partial charge in [-0.1, -0.05) is 11.8 Å². The van der Waals surface area contributed by atoms with Crippen LogP contribution in [0.2, 0.25) is 0 Å². The number of aryl methyl sites for hydroxylation is 1. The first-order valence-corrected chi connectivity index (χ1v) is 7.72. The van der Waals surface area contributed by atoms with Gasteiger partial charge < -0.3 is 14.4 Å². The number of carboxylic acids is 1. The largest absolute Gasteiger partial charge is 0.481 e. The maximum atomic E-state index is 10.7. The Kier molecular flexibility index (Phi) is 6.48. The normalized spacial score (nSPS) is 11.8. The summed E-state index contributed by atoms with van der Waals surface area (Å²) in [5.74, 6) is 0.0223. The van der Waals surface area contributed by atoms with E-state index in [1.54, 1.807) is 0 Å². The monoisotopic (exact) mass is 301 g/mol. The Labute approximate surface area is 123 Å². The third kappa shape index (κ3) is 5.13. The Balaban J connectivity index is 2.81. The van der Waals surface area contributed by atoms with Crippen molar-refractivity contribution < 1.29 is 14.6 Å². The maximum Gasteiger partial charge on any atom is 0.313 e. The number of aromatic nitrogens is 3. The van der Waals surface area contributed by atoms with E-state index in [0.717, 1.165) is 18.7 Å². The van der Waals surface area contributed by atoms with Gasteiger partial charge in [0.25, 0.3) is 0 Å². The average molecular weight is 301 g/mol. The molecule has 0 bridgehead atoms. The van der Waals surface area contributed by atoms with Crippen LogP contribution >= 0.6 is 11.8 Å². The van der Waals surface area contributed by atoms with Crippen molar-refractivity contribution in [3.8, 4) is 0 Å². The van der Waals surface area contributed by atoms with Crippen molar-refractivity contribution in [1.29, 1.82) is 0 Å². The second-order valence-electron chi connectivity index (χ2n) is 5.39. The summed E-state index contributed by atoms with van der Waals surface area (Å²) in [5.41, 5.74) is -0.175. The Hall–Kier alpha value is -1.08. The van der Waals surface area contributed by atoms with Gasteiger partial charge in [-0.2, -0.15) is 0 Å². The molecule has 1 rings (SSSR count). The van der Waals surface area contributed by atoms with Gasteiger partial charge in [0.05, 0.1) is 5.75 Å². The number of aliphatic carboxylic acids is 1. The SMILES string of the molecule is CCOCCCc1nnc(SCC(=O)O)n1C(C)(C)C. The summed E-state index contributed by atoms with van der Waals surface area (Å²) >= 11 is 1.21. The van der Waals surface area contributed by atoms with Crippen LogP contribution in [0.4, 0.5) is 0 Å². The lowest BCUT2D eigenvalue weighted by molar-refractivity contribution is -0.133. The lowest BCUT2D eigenvalue weighted by Gasteiger charge is -2.24. The Bertz CT molecular complexity index is 441. The minimum Gasteiger partial charge on any atom is -0.481 e. The first-order chi connectivity index (χ1) is 9.36. The molecule has 0 fully saturated rings. The predicted molar refractivity (Wildman–Crippen MR) is 78.2 cm³/mol. The highest BCUT2D eigenvalue weighted by atomic mass is 32.2. The fourth-order valence-electron chi connectivity index (χ4n) is 1.83. The number of hydrogen-bond donors (Lipinski definition) is 1. The molecule has 7 heteroatoms. The van der Waals surface area contributed by atoms with Crippen LogP contribution in [-0.2, 0) is 21.5 Å². The summed E-state index contributed by atoms with van der Waals surface area (Å²) in [7, 11) is 0. The van der Waals surface area contributed by atoms with Gasteiger partial charge in [0.15, 0.2) is 5.16 Å². The Morgan fingerprint density at radius 1 is 1.40 bits per heavy atom. The molecule has 0 spiro atoms. The van der Waals surface area contributed by atoms with Crippen molar-refractivity contribution in [2.24, 2.45) is 0 Å². The molecule has 0 aliphatic carbocycles. The number of ether oxygens (including phenoxy) is 1. The molecule has 0 atom stereocenters. The van der Waals surface area contributed by atoms with E-state index in [2.05, 4.69) is 31.0 Å². The van der Waals surface area contributed by atoms with Gasteiger partial charge in [0, 0.05) is 25.2 Å². The molecule has 1 aromatic heterocycles. The van der Waals surface area contributed by atoms with E-state index in [1.165, 1.54) is 11.8 Å². The van der Waals surface area contributed by atoms with Gasteiger partial charge in [-0.15, -0.1) is 10.2 Å². The van der Waals surface area contributed by atoms with E-state index < -0.39 is 5.97 Å². The zero-order chi connectivity index (χ0) is 15.2. The third-order valence-electron chi connectivity index (χ3n) is 2.59. The molecule has 0 saturated carbocycles. The summed E-state index contributed by atoms with van der Waals surface area (Å²) in [4.78, 5) is 10.7. The number of carboxylic acid groups (broad SMARTS) is 1. The standard InChI is InChI=1S/C13H23N3O3S/c1-5-19-8-6-7-10-14-15-12(20-9-11(17)18)16(10)13(2,3)4/h5-9H2,1-4H3,(H,17,18). The maximum absolute atomic E-state index is 10.7. The molecular formula is C13H23N3O3S. The van der Waals surface area contributed by atoms with Crippen molar-refractivity contribution in [1.82, 2.24) is 14.8 Å². The smallest absolute Gasteiger partial charge is 0.313 e. The Morgan fingerprint density at radius 2 is 2.10 bits per heavy atom. The molecular weight excluding hydrogens is 278 g/mol. The summed E-state index contributed by atoms with van der Waals surface area (Å²) in [6, 6.07) is 0. The minimum atomic E-state index is -0.851. The summed E-state index contributed by atoms with van der Waals surface area (Å²) in [6.45, 7) is 9.57. The second kappa shape index (κ2) is 7.64. The molecule has 0 unspecified atom stereocenters. The number of rotatable bonds is 8. The van der Waals surface area contributed by atoms with Crippen LogP contribution in [0, 0.1) is 0 Å². The molecule has 114 valence electrons. The molecule has 6 nitrogen and oxygen atoms in total. The molecule has 0 amide bonds. The second-order valence-corrected chi connectivity index (χ2v) is 6.33. The molecule has 0 aliphatic rings. The van der Waals surface area contributed by atoms with Gasteiger partial charge in [0.1, 0.15) is 5.82 Å². The quantitative estimate of drug-likeness (QED) is 0.586. The molecule has 0 saturated heterocycles. The first-order valence-electron chi connectivity index (χ1n) is 6.73. The number of thioether (sulfide) groups is 1. The van der Waals surface area contributed by atoms with Crippen LogP contribution < -0.4 is 0 Å². The van der Waals surface area contributed by atoms with E-state index in [4.69, 9.17) is 9.84 Å². The Morgan fingerprint density at radius 3 is 2.65 bits per heavy atom. The van der Waals surface area contributed by atoms with Crippen LogP contribution in [-0.4, -0.2) is 44.8 Å². The third-order valence-corrected chi connectivity index (χ3v) is 3.50. The van der Waals surface area contributed by atoms with E-state index in [1.807, 2.05) is 11.5 Å². The number of carbonyl (C=O) groups is 1. The summed E-state index contributed by atoms with van der Waals surface area (Å²) in [6.07, 6.45) is 1.66. The van der Waals surface area contributed by atoms with Crippen LogP contribution in [0.15, 0.2) is 5.16 Å². The van der Waals surface area contributed by atoms with Gasteiger partial charge in [-0.05, 0) is 34.1 Å². The van der Waals surface area contributed by atoms with Crippen molar-refractivity contribution in [3.63, 3.8) is 0 Å². The van der Waals surface area contributed by atoms with Crippen molar-refractivity contribution in [2.75, 3.05) is 19.0 Å². The van der Waals surface area contributed by atoms with Crippen LogP contribution in [0.25, 0.3) is 0 Å². The number of nitrogens with zero attached hydrogens (tertiary/aromatic N) is 3. The fourth-order valence-corrected chi connectivity index (χ4v) is 2.69. The average Bonchev–Trinajstić information content (AvgIpc) is 2.75. The van der Waals surface area contributed by atoms with Crippen molar-refractivity contribution >= 4 is 17.7 Å². The zero-order valence-corrected chi connectivity index (χ0v) is 13.4. The lowest BCUT2D eigenvalue weighted by Crippen LogP contribution is -2.25. The van der Waals surface area contributed by atoms with Crippen LogP contribution in [0.1, 0.15) is 39.9 Å². The molecule has 1 heterocycles.